The van der Waals surface area contributed by atoms with Gasteiger partial charge in [0, 0.05) is 0 Å². The van der Waals surface area contributed by atoms with E-state index >= 15 is 4.39 Å². The Balaban J connectivity index is 2.26. The molecule has 1 N–H and O–H groups in total. The zero-order valence-corrected chi connectivity index (χ0v) is 18.6. The number of rotatable bonds is 9. The molecule has 0 aromatic heterocycles. The zero-order valence-electron chi connectivity index (χ0n) is 18.6. The van der Waals surface area contributed by atoms with E-state index in [0.29, 0.717) is 5.56 Å². The summed E-state index contributed by atoms with van der Waals surface area (Å²) < 4.78 is 53.6. The number of hydrogen-bond donors (Lipinski definition) is 1. The molecule has 5 nitrogen and oxygen atoms in total. The van der Waals surface area contributed by atoms with Crippen molar-refractivity contribution < 1.29 is 32.5 Å². The Morgan fingerprint density at radius 3 is 2.21 bits per heavy atom. The number of nitriles is 1. The largest absolute Gasteiger partial charge is 0.480 e. The van der Waals surface area contributed by atoms with E-state index in [1.165, 1.54) is 32.1 Å². The summed E-state index contributed by atoms with van der Waals surface area (Å²) in [6, 6.07) is 18.1. The zero-order chi connectivity index (χ0) is 24.9. The number of carbonyl (C=O) groups is 1. The first-order valence-electron chi connectivity index (χ1n) is 10.6. The first-order chi connectivity index (χ1) is 16.1. The topological polar surface area (TPSA) is 79.6 Å². The molecule has 1 aliphatic rings. The second-order valence-electron chi connectivity index (χ2n) is 8.21. The van der Waals surface area contributed by atoms with Gasteiger partial charge < -0.3 is 14.6 Å². The Labute approximate surface area is 195 Å². The lowest BCUT2D eigenvalue weighted by Gasteiger charge is -2.43. The molecule has 178 valence electrons. The van der Waals surface area contributed by atoms with Crippen LogP contribution in [0.4, 0.5) is 13.2 Å². The van der Waals surface area contributed by atoms with E-state index in [0.717, 1.165) is 6.08 Å². The SMILES string of the molecule is CC(C)C(C#N)(C(=O)O)C1=CC=C(OC(F)F)C(F)(Oc2ccccc2)C1Cc1ccccc1. The fourth-order valence-electron chi connectivity index (χ4n) is 4.21. The van der Waals surface area contributed by atoms with Crippen LogP contribution >= 0.6 is 0 Å². The third kappa shape index (κ3) is 4.65. The number of carboxylic acids is 1. The van der Waals surface area contributed by atoms with Gasteiger partial charge >= 0.3 is 18.4 Å². The van der Waals surface area contributed by atoms with E-state index in [4.69, 9.17) is 4.74 Å². The van der Waals surface area contributed by atoms with Crippen molar-refractivity contribution in [3.8, 4) is 11.8 Å². The molecule has 0 bridgehead atoms. The van der Waals surface area contributed by atoms with Crippen molar-refractivity contribution >= 4 is 5.97 Å². The lowest BCUT2D eigenvalue weighted by atomic mass is 9.64. The quantitative estimate of drug-likeness (QED) is 0.492. The fourth-order valence-corrected chi connectivity index (χ4v) is 4.21. The first-order valence-corrected chi connectivity index (χ1v) is 10.6. The van der Waals surface area contributed by atoms with Crippen LogP contribution in [0.1, 0.15) is 19.4 Å². The second-order valence-corrected chi connectivity index (χ2v) is 8.21. The summed E-state index contributed by atoms with van der Waals surface area (Å²) in [5.74, 6) is -7.52. The normalized spacial score (nSPS) is 21.8. The lowest BCUT2D eigenvalue weighted by Crippen LogP contribution is -2.51. The molecule has 8 heteroatoms. The molecule has 3 atom stereocenters. The Morgan fingerprint density at radius 2 is 1.71 bits per heavy atom. The second kappa shape index (κ2) is 10.0. The number of alkyl halides is 3. The molecule has 0 amide bonds. The van der Waals surface area contributed by atoms with E-state index in [-0.39, 0.29) is 17.7 Å². The number of allylic oxidation sites excluding steroid dienone is 2. The molecule has 0 fully saturated rings. The van der Waals surface area contributed by atoms with E-state index in [2.05, 4.69) is 4.74 Å². The van der Waals surface area contributed by atoms with Crippen molar-refractivity contribution in [1.29, 1.82) is 5.26 Å². The van der Waals surface area contributed by atoms with Gasteiger partial charge in [-0.15, -0.1) is 0 Å². The Bertz CT molecular complexity index is 1110. The highest BCUT2D eigenvalue weighted by Crippen LogP contribution is 2.51. The first kappa shape index (κ1) is 24.9. The van der Waals surface area contributed by atoms with Gasteiger partial charge in [0.2, 0.25) is 0 Å². The minimum absolute atomic E-state index is 0.0236. The molecule has 2 aromatic carbocycles. The van der Waals surface area contributed by atoms with Crippen LogP contribution in [0.2, 0.25) is 0 Å². The van der Waals surface area contributed by atoms with E-state index in [1.54, 1.807) is 48.5 Å². The van der Waals surface area contributed by atoms with E-state index in [9.17, 15) is 23.9 Å². The Hall–Kier alpha value is -3.73. The smallest absolute Gasteiger partial charge is 0.387 e. The molecule has 0 saturated carbocycles. The molecule has 0 spiro atoms. The fraction of sp³-hybridized carbons (Fsp3) is 0.308. The van der Waals surface area contributed by atoms with Gasteiger partial charge in [0.25, 0.3) is 0 Å². The molecular weight excluding hydrogens is 447 g/mol. The third-order valence-corrected chi connectivity index (χ3v) is 5.92. The number of benzene rings is 2. The van der Waals surface area contributed by atoms with Crippen LogP contribution in [0.25, 0.3) is 0 Å². The van der Waals surface area contributed by atoms with E-state index in [1.807, 2.05) is 6.07 Å². The van der Waals surface area contributed by atoms with Crippen molar-refractivity contribution in [2.24, 2.45) is 17.3 Å². The highest BCUT2D eigenvalue weighted by molar-refractivity contribution is 5.83. The standard InChI is InChI=1S/C26H24F3NO4/c1-17(2)25(16-30,23(31)32)20-13-14-22(33-24(27)28)26(29,34-19-11-7-4-8-12-19)21(20)15-18-9-5-3-6-10-18/h3-14,17,21,24H,15H2,1-2H3,(H,31,32). The van der Waals surface area contributed by atoms with Gasteiger partial charge in [-0.2, -0.15) is 18.4 Å². The number of carboxylic acid groups (broad SMARTS) is 1. The summed E-state index contributed by atoms with van der Waals surface area (Å²) in [5, 5.41) is 20.1. The predicted molar refractivity (Wildman–Crippen MR) is 118 cm³/mol. The molecule has 3 unspecified atom stereocenters. The summed E-state index contributed by atoms with van der Waals surface area (Å²) in [6.07, 6.45) is 1.97. The minimum atomic E-state index is -3.35. The average molecular weight is 471 g/mol. The number of halogens is 3. The van der Waals surface area contributed by atoms with Crippen LogP contribution in [-0.4, -0.2) is 23.5 Å². The van der Waals surface area contributed by atoms with Gasteiger partial charge in [-0.05, 0) is 41.7 Å². The maximum atomic E-state index is 17.0. The van der Waals surface area contributed by atoms with Gasteiger partial charge in [-0.25, -0.2) is 0 Å². The van der Waals surface area contributed by atoms with Crippen LogP contribution in [-0.2, 0) is 16.0 Å². The Kier molecular flexibility index (Phi) is 7.35. The van der Waals surface area contributed by atoms with E-state index < -0.39 is 41.4 Å². The average Bonchev–Trinajstić information content (AvgIpc) is 2.79. The summed E-state index contributed by atoms with van der Waals surface area (Å²) in [7, 11) is 0. The number of nitrogens with zero attached hydrogens (tertiary/aromatic N) is 1. The highest BCUT2D eigenvalue weighted by Gasteiger charge is 2.58. The predicted octanol–water partition coefficient (Wildman–Crippen LogP) is 5.90. The van der Waals surface area contributed by atoms with Crippen molar-refractivity contribution in [2.75, 3.05) is 0 Å². The van der Waals surface area contributed by atoms with Crippen LogP contribution in [0.3, 0.4) is 0 Å². The van der Waals surface area contributed by atoms with Gasteiger partial charge in [0.05, 0.1) is 12.0 Å². The maximum absolute atomic E-state index is 17.0. The van der Waals surface area contributed by atoms with Gasteiger partial charge in [0.1, 0.15) is 5.75 Å². The monoisotopic (exact) mass is 471 g/mol. The highest BCUT2D eigenvalue weighted by atomic mass is 19.3. The molecule has 0 aliphatic heterocycles. The van der Waals surface area contributed by atoms with Crippen LogP contribution in [0.15, 0.2) is 84.1 Å². The molecule has 0 saturated heterocycles. The molecule has 3 rings (SSSR count). The molecule has 0 heterocycles. The van der Waals surface area contributed by atoms with Gasteiger partial charge in [0.15, 0.2) is 11.2 Å². The van der Waals surface area contributed by atoms with Crippen molar-refractivity contribution in [2.45, 2.75) is 32.7 Å². The summed E-state index contributed by atoms with van der Waals surface area (Å²) in [6.45, 7) is -0.284. The summed E-state index contributed by atoms with van der Waals surface area (Å²) >= 11 is 0. The lowest BCUT2D eigenvalue weighted by molar-refractivity contribution is -0.172. The van der Waals surface area contributed by atoms with Crippen molar-refractivity contribution in [3.05, 3.63) is 89.7 Å². The van der Waals surface area contributed by atoms with Crippen LogP contribution in [0, 0.1) is 28.6 Å². The number of hydrogen-bond acceptors (Lipinski definition) is 4. The van der Waals surface area contributed by atoms with Crippen molar-refractivity contribution in [3.63, 3.8) is 0 Å². The van der Waals surface area contributed by atoms with Gasteiger partial charge in [-0.1, -0.05) is 68.5 Å². The molecule has 2 aromatic rings. The Morgan fingerprint density at radius 1 is 1.12 bits per heavy atom. The molecule has 34 heavy (non-hydrogen) atoms. The molecule has 1 aliphatic carbocycles. The number of para-hydroxylation sites is 1. The van der Waals surface area contributed by atoms with Crippen LogP contribution < -0.4 is 4.74 Å². The third-order valence-electron chi connectivity index (χ3n) is 5.92. The molecular formula is C26H24F3NO4. The summed E-state index contributed by atoms with van der Waals surface area (Å²) in [4.78, 5) is 12.4. The maximum Gasteiger partial charge on any atom is 0.387 e. The summed E-state index contributed by atoms with van der Waals surface area (Å²) in [5.41, 5.74) is -1.64. The molecule has 0 radical (unpaired) electrons. The number of ether oxygens (including phenoxy) is 2. The van der Waals surface area contributed by atoms with Gasteiger partial charge in [-0.3, -0.25) is 4.79 Å². The number of aliphatic carboxylic acids is 1. The minimum Gasteiger partial charge on any atom is -0.480 e. The van der Waals surface area contributed by atoms with Crippen molar-refractivity contribution in [1.82, 2.24) is 0 Å². The van der Waals surface area contributed by atoms with Crippen LogP contribution in [0.5, 0.6) is 5.75 Å².